The summed E-state index contributed by atoms with van der Waals surface area (Å²) in [5, 5.41) is 0. The van der Waals surface area contributed by atoms with E-state index in [1.807, 2.05) is 0 Å². The van der Waals surface area contributed by atoms with Crippen molar-refractivity contribution in [3.63, 3.8) is 0 Å². The number of hydrogen-bond acceptors (Lipinski definition) is 7. The normalized spacial score (nSPS) is 10.2. The van der Waals surface area contributed by atoms with Gasteiger partial charge in [-0.3, -0.25) is 0 Å². The van der Waals surface area contributed by atoms with Crippen LogP contribution >= 0.6 is 0 Å². The first-order valence-corrected chi connectivity index (χ1v) is 6.88. The third-order valence-corrected chi connectivity index (χ3v) is 3.55. The molecular weight excluding hydrogens is 316 g/mol. The van der Waals surface area contributed by atoms with E-state index in [0.29, 0.717) is 16.9 Å². The number of methoxy groups -OCH3 is 4. The predicted octanol–water partition coefficient (Wildman–Crippen LogP) is 2.16. The molecule has 2 rings (SSSR count). The van der Waals surface area contributed by atoms with Gasteiger partial charge < -0.3 is 18.9 Å². The molecule has 0 saturated carbocycles. The van der Waals surface area contributed by atoms with Crippen molar-refractivity contribution in [2.75, 3.05) is 28.4 Å². The highest BCUT2D eigenvalue weighted by Gasteiger charge is 2.25. The maximum absolute atomic E-state index is 12.1. The molecule has 0 spiro atoms. The smallest absolute Gasteiger partial charge is 0.338 e. The third kappa shape index (κ3) is 2.88. The van der Waals surface area contributed by atoms with Gasteiger partial charge in [0.25, 0.3) is 0 Å². The summed E-state index contributed by atoms with van der Waals surface area (Å²) in [7, 11) is 5.10. The van der Waals surface area contributed by atoms with Gasteiger partial charge in [-0.1, -0.05) is 6.07 Å². The molecular formula is C17H16O7. The van der Waals surface area contributed by atoms with Crippen LogP contribution in [0.1, 0.15) is 31.1 Å². The van der Waals surface area contributed by atoms with Crippen LogP contribution in [0.4, 0.5) is 0 Å². The zero-order valence-electron chi connectivity index (χ0n) is 13.7. The van der Waals surface area contributed by atoms with Crippen LogP contribution < -0.4 is 4.74 Å². The molecule has 0 aromatic heterocycles. The Hall–Kier alpha value is -3.09. The molecule has 7 nitrogen and oxygen atoms in total. The highest BCUT2D eigenvalue weighted by molar-refractivity contribution is 6.06. The fraction of sp³-hybridized carbons (Fsp3) is 0.235. The summed E-state index contributed by atoms with van der Waals surface area (Å²) in [6.45, 7) is 0. The van der Waals surface area contributed by atoms with Crippen LogP contribution in [0.15, 0.2) is 24.3 Å². The van der Waals surface area contributed by atoms with Gasteiger partial charge in [0, 0.05) is 11.1 Å². The number of ether oxygens (including phenoxy) is 4. The molecule has 0 unspecified atom stereocenters. The molecule has 126 valence electrons. The summed E-state index contributed by atoms with van der Waals surface area (Å²) in [5.74, 6) is -1.61. The molecule has 0 aromatic carbocycles. The Morgan fingerprint density at radius 2 is 1.21 bits per heavy atom. The number of carbonyl (C=O) groups is 3. The Bertz CT molecular complexity index is 779. The fourth-order valence-electron chi connectivity index (χ4n) is 2.39. The molecule has 0 saturated heterocycles. The Labute approximate surface area is 138 Å². The molecule has 24 heavy (non-hydrogen) atoms. The molecule has 0 bridgehead atoms. The van der Waals surface area contributed by atoms with Gasteiger partial charge in [-0.2, -0.15) is 0 Å². The van der Waals surface area contributed by atoms with Gasteiger partial charge >= 0.3 is 17.9 Å². The highest BCUT2D eigenvalue weighted by Crippen LogP contribution is 2.39. The first-order valence-electron chi connectivity index (χ1n) is 6.88. The Balaban J connectivity index is 2.83. The number of fused-ring (bicyclic) bond motifs is 1. The van der Waals surface area contributed by atoms with Crippen LogP contribution in [-0.4, -0.2) is 46.3 Å². The van der Waals surface area contributed by atoms with Crippen molar-refractivity contribution in [3.8, 4) is 16.9 Å². The first kappa shape index (κ1) is 17.3. The fourth-order valence-corrected chi connectivity index (χ4v) is 2.39. The molecule has 2 aliphatic carbocycles. The van der Waals surface area contributed by atoms with Gasteiger partial charge in [0.15, 0.2) is 0 Å². The van der Waals surface area contributed by atoms with E-state index in [4.69, 9.17) is 18.9 Å². The lowest BCUT2D eigenvalue weighted by Crippen LogP contribution is -2.10. The number of rotatable bonds is 4. The van der Waals surface area contributed by atoms with E-state index in [1.165, 1.54) is 52.7 Å². The number of esters is 3. The second-order valence-electron chi connectivity index (χ2n) is 4.73. The maximum atomic E-state index is 12.1. The van der Waals surface area contributed by atoms with Gasteiger partial charge in [-0.15, -0.1) is 0 Å². The van der Waals surface area contributed by atoms with E-state index in [2.05, 4.69) is 0 Å². The van der Waals surface area contributed by atoms with E-state index in [1.54, 1.807) is 0 Å². The number of carbonyl (C=O) groups excluding carboxylic acids is 3. The van der Waals surface area contributed by atoms with Crippen molar-refractivity contribution in [1.82, 2.24) is 0 Å². The minimum Gasteiger partial charge on any atom is -0.496 e. The lowest BCUT2D eigenvalue weighted by Gasteiger charge is -2.04. The van der Waals surface area contributed by atoms with Gasteiger partial charge in [-0.05, 0) is 18.2 Å². The van der Waals surface area contributed by atoms with Crippen LogP contribution in [0.3, 0.4) is 0 Å². The summed E-state index contributed by atoms with van der Waals surface area (Å²) >= 11 is 0. The average molecular weight is 332 g/mol. The van der Waals surface area contributed by atoms with E-state index >= 15 is 0 Å². The molecule has 0 N–H and O–H groups in total. The van der Waals surface area contributed by atoms with E-state index in [-0.39, 0.29) is 16.7 Å². The average Bonchev–Trinajstić information content (AvgIpc) is 2.84. The second-order valence-corrected chi connectivity index (χ2v) is 4.73. The number of hydrogen-bond donors (Lipinski definition) is 0. The van der Waals surface area contributed by atoms with Crippen molar-refractivity contribution in [1.29, 1.82) is 0 Å². The molecule has 0 atom stereocenters. The largest absolute Gasteiger partial charge is 0.496 e. The van der Waals surface area contributed by atoms with Gasteiger partial charge in [0.05, 0.1) is 45.1 Å². The van der Waals surface area contributed by atoms with E-state index in [9.17, 15) is 14.4 Å². The molecule has 0 fully saturated rings. The SMILES string of the molecule is COC(=O)c1ccc2c(C(=O)OC)cc(OC)c-2cc1C(=O)OC. The predicted molar refractivity (Wildman–Crippen MR) is 83.6 cm³/mol. The molecule has 0 amide bonds. The highest BCUT2D eigenvalue weighted by atomic mass is 16.5. The Morgan fingerprint density at radius 1 is 0.667 bits per heavy atom. The zero-order valence-corrected chi connectivity index (χ0v) is 13.7. The summed E-state index contributed by atoms with van der Waals surface area (Å²) in [6.07, 6.45) is 0. The molecule has 7 heteroatoms. The third-order valence-electron chi connectivity index (χ3n) is 3.55. The Morgan fingerprint density at radius 3 is 1.75 bits per heavy atom. The van der Waals surface area contributed by atoms with Gasteiger partial charge in [0.2, 0.25) is 0 Å². The lowest BCUT2D eigenvalue weighted by atomic mass is 10.1. The maximum Gasteiger partial charge on any atom is 0.338 e. The van der Waals surface area contributed by atoms with Crippen molar-refractivity contribution in [2.24, 2.45) is 0 Å². The van der Waals surface area contributed by atoms with Gasteiger partial charge in [0.1, 0.15) is 5.75 Å². The van der Waals surface area contributed by atoms with Crippen molar-refractivity contribution >= 4 is 17.9 Å². The summed E-state index contributed by atoms with van der Waals surface area (Å²) in [6, 6.07) is 5.86. The molecule has 0 heterocycles. The monoisotopic (exact) mass is 332 g/mol. The standard InChI is InChI=1S/C17H16O7/c1-21-14-8-13(17(20)24-4)9-5-6-10(15(18)22-2)12(7-11(9)14)16(19)23-3/h5-8H,1-4H3. The quantitative estimate of drug-likeness (QED) is 0.626. The van der Waals surface area contributed by atoms with Crippen LogP contribution in [0.5, 0.6) is 5.75 Å². The van der Waals surface area contributed by atoms with Crippen LogP contribution in [0.25, 0.3) is 11.1 Å². The van der Waals surface area contributed by atoms with Crippen molar-refractivity contribution in [2.45, 2.75) is 0 Å². The lowest BCUT2D eigenvalue weighted by molar-refractivity contribution is 0.0555. The summed E-state index contributed by atoms with van der Waals surface area (Å²) in [5.41, 5.74) is 1.21. The first-order chi connectivity index (χ1) is 11.5. The summed E-state index contributed by atoms with van der Waals surface area (Å²) in [4.78, 5) is 36.0. The van der Waals surface area contributed by atoms with Crippen LogP contribution in [0, 0.1) is 0 Å². The second kappa shape index (κ2) is 6.99. The minimum absolute atomic E-state index is 0.000309. The zero-order chi connectivity index (χ0) is 17.9. The van der Waals surface area contributed by atoms with E-state index in [0.717, 1.165) is 0 Å². The minimum atomic E-state index is -0.712. The summed E-state index contributed by atoms with van der Waals surface area (Å²) < 4.78 is 19.5. The topological polar surface area (TPSA) is 88.1 Å². The van der Waals surface area contributed by atoms with Gasteiger partial charge in [-0.25, -0.2) is 14.4 Å². The molecule has 2 aliphatic rings. The van der Waals surface area contributed by atoms with Crippen molar-refractivity contribution < 1.29 is 33.3 Å². The van der Waals surface area contributed by atoms with E-state index < -0.39 is 17.9 Å². The van der Waals surface area contributed by atoms with Crippen LogP contribution in [-0.2, 0) is 14.2 Å². The molecule has 0 radical (unpaired) electrons. The van der Waals surface area contributed by atoms with Crippen LogP contribution in [0.2, 0.25) is 0 Å². The molecule has 0 aromatic rings. The van der Waals surface area contributed by atoms with Crippen molar-refractivity contribution in [3.05, 3.63) is 41.0 Å². The Kier molecular flexibility index (Phi) is 5.03. The molecule has 0 aliphatic heterocycles.